The van der Waals surface area contributed by atoms with E-state index in [1.807, 2.05) is 31.2 Å². The lowest BCUT2D eigenvalue weighted by molar-refractivity contribution is -0.170. The van der Waals surface area contributed by atoms with Crippen LogP contribution >= 0.6 is 0 Å². The van der Waals surface area contributed by atoms with Crippen LogP contribution in [-0.4, -0.2) is 23.0 Å². The van der Waals surface area contributed by atoms with Crippen LogP contribution in [0.15, 0.2) is 60.7 Å². The molecule has 0 aliphatic rings. The van der Waals surface area contributed by atoms with Gasteiger partial charge in [-0.15, -0.1) is 0 Å². The number of hydrogen-bond donors (Lipinski definition) is 1. The van der Waals surface area contributed by atoms with E-state index in [0.717, 1.165) is 17.5 Å². The highest BCUT2D eigenvalue weighted by Gasteiger charge is 2.41. The molecule has 6 nitrogen and oxygen atoms in total. The monoisotopic (exact) mass is 398 g/mol. The summed E-state index contributed by atoms with van der Waals surface area (Å²) in [6.45, 7) is 1.90. The second-order valence-electron chi connectivity index (χ2n) is 6.75. The maximum absolute atomic E-state index is 12.7. The average Bonchev–Trinajstić information content (AvgIpc) is 2.74. The van der Waals surface area contributed by atoms with Crippen molar-refractivity contribution in [2.75, 3.05) is 0 Å². The molecule has 0 radical (unpaired) electrons. The first-order valence-corrected chi connectivity index (χ1v) is 9.66. The van der Waals surface area contributed by atoms with Gasteiger partial charge in [0.2, 0.25) is 0 Å². The van der Waals surface area contributed by atoms with Gasteiger partial charge in [-0.3, -0.25) is 14.4 Å². The predicted molar refractivity (Wildman–Crippen MR) is 107 cm³/mol. The van der Waals surface area contributed by atoms with Crippen LogP contribution in [0.5, 0.6) is 0 Å². The first-order chi connectivity index (χ1) is 14.0. The first-order valence-electron chi connectivity index (χ1n) is 9.66. The summed E-state index contributed by atoms with van der Waals surface area (Å²) in [7, 11) is 0. The molecule has 0 amide bonds. The van der Waals surface area contributed by atoms with Crippen LogP contribution in [0.1, 0.15) is 37.3 Å². The summed E-state index contributed by atoms with van der Waals surface area (Å²) in [5, 5.41) is 9.64. The third-order valence-corrected chi connectivity index (χ3v) is 4.54. The minimum atomic E-state index is -1.60. The zero-order valence-electron chi connectivity index (χ0n) is 16.5. The highest BCUT2D eigenvalue weighted by molar-refractivity contribution is 5.98. The second kappa shape index (κ2) is 11.6. The average molecular weight is 398 g/mol. The third-order valence-electron chi connectivity index (χ3n) is 4.54. The Kier molecular flexibility index (Phi) is 8.89. The van der Waals surface area contributed by atoms with Crippen molar-refractivity contribution >= 4 is 17.9 Å². The van der Waals surface area contributed by atoms with Crippen molar-refractivity contribution in [3.05, 3.63) is 71.8 Å². The number of benzene rings is 2. The third kappa shape index (κ3) is 7.07. The van der Waals surface area contributed by atoms with Crippen LogP contribution in [0.4, 0.5) is 0 Å². The van der Waals surface area contributed by atoms with E-state index in [1.165, 1.54) is 0 Å². The summed E-state index contributed by atoms with van der Waals surface area (Å²) in [5.74, 6) is -5.72. The lowest BCUT2D eigenvalue weighted by Gasteiger charge is -2.21. The standard InChI is InChI=1S/C23H26O6/c1-2-3-14-19(22(26)28-15-17-10-6-4-7-11-17)20(21(24)25)23(27)29-16-18-12-8-5-9-13-18/h4-13,19-20H,2-3,14-16H2,1H3,(H,24,25). The van der Waals surface area contributed by atoms with Crippen molar-refractivity contribution in [1.82, 2.24) is 0 Å². The molecule has 0 saturated heterocycles. The van der Waals surface area contributed by atoms with Gasteiger partial charge < -0.3 is 14.6 Å². The number of hydrogen-bond acceptors (Lipinski definition) is 5. The van der Waals surface area contributed by atoms with E-state index in [4.69, 9.17) is 9.47 Å². The quantitative estimate of drug-likeness (QED) is 0.455. The fraction of sp³-hybridized carbons (Fsp3) is 0.348. The molecule has 0 saturated carbocycles. The number of unbranched alkanes of at least 4 members (excludes halogenated alkanes) is 1. The van der Waals surface area contributed by atoms with Gasteiger partial charge >= 0.3 is 17.9 Å². The Morgan fingerprint density at radius 1 is 0.828 bits per heavy atom. The van der Waals surface area contributed by atoms with Crippen molar-refractivity contribution in [2.24, 2.45) is 11.8 Å². The predicted octanol–water partition coefficient (Wildman–Crippen LogP) is 3.98. The molecule has 0 aliphatic carbocycles. The van der Waals surface area contributed by atoms with Crippen molar-refractivity contribution in [3.63, 3.8) is 0 Å². The number of rotatable bonds is 11. The Hall–Kier alpha value is -3.15. The summed E-state index contributed by atoms with van der Waals surface area (Å²) in [6.07, 6.45) is 1.59. The van der Waals surface area contributed by atoms with Gasteiger partial charge in [0.15, 0.2) is 5.92 Å². The van der Waals surface area contributed by atoms with Gasteiger partial charge in [-0.05, 0) is 17.5 Å². The van der Waals surface area contributed by atoms with Crippen molar-refractivity contribution in [1.29, 1.82) is 0 Å². The molecule has 29 heavy (non-hydrogen) atoms. The molecule has 2 unspecified atom stereocenters. The zero-order valence-corrected chi connectivity index (χ0v) is 16.5. The summed E-state index contributed by atoms with van der Waals surface area (Å²) in [4.78, 5) is 37.0. The molecule has 0 fully saturated rings. The molecule has 0 aromatic heterocycles. The van der Waals surface area contributed by atoms with E-state index in [-0.39, 0.29) is 19.6 Å². The van der Waals surface area contributed by atoms with E-state index < -0.39 is 29.7 Å². The van der Waals surface area contributed by atoms with E-state index >= 15 is 0 Å². The highest BCUT2D eigenvalue weighted by Crippen LogP contribution is 2.24. The smallest absolute Gasteiger partial charge is 0.321 e. The molecule has 2 rings (SSSR count). The number of ether oxygens (including phenoxy) is 2. The Labute approximate surface area is 170 Å². The largest absolute Gasteiger partial charge is 0.481 e. The number of carbonyl (C=O) groups is 3. The van der Waals surface area contributed by atoms with Crippen LogP contribution in [0.3, 0.4) is 0 Å². The fourth-order valence-corrected chi connectivity index (χ4v) is 2.94. The molecular weight excluding hydrogens is 372 g/mol. The number of carboxylic acids is 1. The van der Waals surface area contributed by atoms with E-state index in [0.29, 0.717) is 6.42 Å². The van der Waals surface area contributed by atoms with Crippen molar-refractivity contribution in [2.45, 2.75) is 39.4 Å². The molecule has 0 bridgehead atoms. The Balaban J connectivity index is 2.08. The summed E-state index contributed by atoms with van der Waals surface area (Å²) in [5.41, 5.74) is 1.52. The molecule has 0 spiro atoms. The van der Waals surface area contributed by atoms with Crippen LogP contribution in [-0.2, 0) is 37.1 Å². The number of carboxylic acid groups (broad SMARTS) is 1. The molecule has 154 valence electrons. The molecule has 2 atom stereocenters. The van der Waals surface area contributed by atoms with Gasteiger partial charge in [0.05, 0.1) is 5.92 Å². The van der Waals surface area contributed by atoms with Crippen molar-refractivity contribution in [3.8, 4) is 0 Å². The zero-order chi connectivity index (χ0) is 21.1. The molecular formula is C23H26O6. The Morgan fingerprint density at radius 3 is 1.76 bits per heavy atom. The Bertz CT molecular complexity index is 788. The van der Waals surface area contributed by atoms with Gasteiger partial charge in [0.1, 0.15) is 13.2 Å². The van der Waals surface area contributed by atoms with E-state index in [2.05, 4.69) is 0 Å². The van der Waals surface area contributed by atoms with Crippen LogP contribution < -0.4 is 0 Å². The summed E-state index contributed by atoms with van der Waals surface area (Å²) >= 11 is 0. The normalized spacial score (nSPS) is 12.6. The molecule has 0 heterocycles. The lowest BCUT2D eigenvalue weighted by Crippen LogP contribution is -2.38. The number of aliphatic carboxylic acids is 1. The van der Waals surface area contributed by atoms with Gasteiger partial charge in [-0.1, -0.05) is 80.4 Å². The van der Waals surface area contributed by atoms with Crippen LogP contribution in [0.2, 0.25) is 0 Å². The maximum Gasteiger partial charge on any atom is 0.321 e. The lowest BCUT2D eigenvalue weighted by atomic mass is 9.87. The van der Waals surface area contributed by atoms with Crippen LogP contribution in [0.25, 0.3) is 0 Å². The first kappa shape index (κ1) is 22.1. The topological polar surface area (TPSA) is 89.9 Å². The van der Waals surface area contributed by atoms with Gasteiger partial charge in [0.25, 0.3) is 0 Å². The fourth-order valence-electron chi connectivity index (χ4n) is 2.94. The molecule has 0 aliphatic heterocycles. The minimum absolute atomic E-state index is 0.0215. The van der Waals surface area contributed by atoms with E-state index in [1.54, 1.807) is 36.4 Å². The van der Waals surface area contributed by atoms with Gasteiger partial charge in [0, 0.05) is 0 Å². The molecule has 2 aromatic rings. The Morgan fingerprint density at radius 2 is 1.31 bits per heavy atom. The van der Waals surface area contributed by atoms with Crippen LogP contribution in [0, 0.1) is 11.8 Å². The molecule has 6 heteroatoms. The van der Waals surface area contributed by atoms with Crippen molar-refractivity contribution < 1.29 is 29.0 Å². The van der Waals surface area contributed by atoms with E-state index in [9.17, 15) is 19.5 Å². The second-order valence-corrected chi connectivity index (χ2v) is 6.75. The van der Waals surface area contributed by atoms with Gasteiger partial charge in [-0.25, -0.2) is 0 Å². The maximum atomic E-state index is 12.7. The number of esters is 2. The summed E-state index contributed by atoms with van der Waals surface area (Å²) in [6, 6.07) is 18.0. The van der Waals surface area contributed by atoms with Gasteiger partial charge in [-0.2, -0.15) is 0 Å². The SMILES string of the molecule is CCCCC(C(=O)OCc1ccccc1)C(C(=O)O)C(=O)OCc1ccccc1. The summed E-state index contributed by atoms with van der Waals surface area (Å²) < 4.78 is 10.5. The number of carbonyl (C=O) groups excluding carboxylic acids is 2. The molecule has 2 aromatic carbocycles. The highest BCUT2D eigenvalue weighted by atomic mass is 16.5. The molecule has 1 N–H and O–H groups in total. The minimum Gasteiger partial charge on any atom is -0.481 e.